The Morgan fingerprint density at radius 2 is 1.59 bits per heavy atom. The molecule has 0 spiro atoms. The fourth-order valence-electron chi connectivity index (χ4n) is 1.78. The quantitative estimate of drug-likeness (QED) is 0.880. The minimum Gasteiger partial charge on any atom is -0.491 e. The van der Waals surface area contributed by atoms with Crippen LogP contribution in [0.3, 0.4) is 0 Å². The van der Waals surface area contributed by atoms with Gasteiger partial charge >= 0.3 is 6.03 Å². The molecular formula is C16H16F2N2O2. The molecular weight excluding hydrogens is 290 g/mol. The zero-order chi connectivity index (χ0) is 16.1. The van der Waals surface area contributed by atoms with Crippen LogP contribution >= 0.6 is 0 Å². The number of para-hydroxylation sites is 1. The number of benzene rings is 2. The van der Waals surface area contributed by atoms with Gasteiger partial charge in [0, 0.05) is 5.69 Å². The fourth-order valence-corrected chi connectivity index (χ4v) is 1.78. The molecule has 2 N–H and O–H groups in total. The second kappa shape index (κ2) is 6.89. The maximum atomic E-state index is 13.4. The maximum Gasteiger partial charge on any atom is 0.323 e. The lowest BCUT2D eigenvalue weighted by atomic mass is 10.3. The first-order valence-electron chi connectivity index (χ1n) is 6.74. The molecule has 0 bridgehead atoms. The summed E-state index contributed by atoms with van der Waals surface area (Å²) in [5.74, 6) is -1.01. The van der Waals surface area contributed by atoms with E-state index in [0.29, 0.717) is 11.4 Å². The van der Waals surface area contributed by atoms with E-state index in [2.05, 4.69) is 10.6 Å². The molecule has 2 aromatic rings. The van der Waals surface area contributed by atoms with E-state index in [1.54, 1.807) is 24.3 Å². The van der Waals surface area contributed by atoms with E-state index in [1.165, 1.54) is 6.07 Å². The number of hydrogen-bond acceptors (Lipinski definition) is 2. The minimum atomic E-state index is -0.837. The lowest BCUT2D eigenvalue weighted by Crippen LogP contribution is -2.20. The zero-order valence-corrected chi connectivity index (χ0v) is 12.2. The van der Waals surface area contributed by atoms with Gasteiger partial charge in [-0.3, -0.25) is 0 Å². The highest BCUT2D eigenvalue weighted by Gasteiger charge is 2.11. The van der Waals surface area contributed by atoms with Gasteiger partial charge in [0.15, 0.2) is 0 Å². The van der Waals surface area contributed by atoms with Crippen LogP contribution in [0.4, 0.5) is 25.0 Å². The van der Waals surface area contributed by atoms with E-state index in [0.717, 1.165) is 12.1 Å². The van der Waals surface area contributed by atoms with Crippen molar-refractivity contribution >= 4 is 17.4 Å². The lowest BCUT2D eigenvalue weighted by molar-refractivity contribution is 0.242. The molecule has 0 fully saturated rings. The molecule has 0 aliphatic heterocycles. The topological polar surface area (TPSA) is 50.4 Å². The predicted octanol–water partition coefficient (Wildman–Crippen LogP) is 4.40. The number of ether oxygens (including phenoxy) is 1. The molecule has 0 saturated carbocycles. The molecule has 6 heteroatoms. The molecule has 0 unspecified atom stereocenters. The van der Waals surface area contributed by atoms with Crippen molar-refractivity contribution in [2.24, 2.45) is 0 Å². The number of carbonyl (C=O) groups excluding carboxylic acids is 1. The summed E-state index contributed by atoms with van der Waals surface area (Å²) in [6, 6.07) is 9.28. The van der Waals surface area contributed by atoms with Crippen LogP contribution in [0.5, 0.6) is 5.75 Å². The van der Waals surface area contributed by atoms with Gasteiger partial charge in [0.2, 0.25) is 0 Å². The Balaban J connectivity index is 2.00. The van der Waals surface area contributed by atoms with Gasteiger partial charge in [-0.05, 0) is 50.2 Å². The van der Waals surface area contributed by atoms with E-state index >= 15 is 0 Å². The van der Waals surface area contributed by atoms with Gasteiger partial charge in [0.25, 0.3) is 0 Å². The zero-order valence-electron chi connectivity index (χ0n) is 12.2. The van der Waals surface area contributed by atoms with Crippen molar-refractivity contribution in [3.8, 4) is 5.75 Å². The number of halogens is 2. The molecule has 0 saturated heterocycles. The van der Waals surface area contributed by atoms with E-state index in [9.17, 15) is 13.6 Å². The molecule has 116 valence electrons. The number of amides is 2. The van der Waals surface area contributed by atoms with Gasteiger partial charge in [-0.2, -0.15) is 0 Å². The third-order valence-corrected chi connectivity index (χ3v) is 2.69. The molecule has 0 aliphatic carbocycles. The number of urea groups is 1. The van der Waals surface area contributed by atoms with Crippen LogP contribution in [0, 0.1) is 11.6 Å². The smallest absolute Gasteiger partial charge is 0.323 e. The normalized spacial score (nSPS) is 10.4. The van der Waals surface area contributed by atoms with Crippen molar-refractivity contribution in [2.75, 3.05) is 10.6 Å². The van der Waals surface area contributed by atoms with Crippen LogP contribution in [-0.2, 0) is 0 Å². The predicted molar refractivity (Wildman–Crippen MR) is 81.2 cm³/mol. The standard InChI is InChI=1S/C16H16F2N2O2/c1-10(2)22-12-8-6-11(7-9-12)19-16(21)20-15-13(17)4-3-5-14(15)18/h3-10H,1-2H3,(H2,19,20,21). The number of nitrogens with one attached hydrogen (secondary N) is 2. The van der Waals surface area contributed by atoms with Gasteiger partial charge in [0.05, 0.1) is 6.10 Å². The van der Waals surface area contributed by atoms with E-state index in [-0.39, 0.29) is 6.10 Å². The van der Waals surface area contributed by atoms with Crippen LogP contribution in [0.15, 0.2) is 42.5 Å². The first-order valence-corrected chi connectivity index (χ1v) is 6.74. The summed E-state index contributed by atoms with van der Waals surface area (Å²) in [5, 5.41) is 4.63. The Hall–Kier alpha value is -2.63. The van der Waals surface area contributed by atoms with Crippen LogP contribution in [-0.4, -0.2) is 12.1 Å². The Morgan fingerprint density at radius 3 is 2.14 bits per heavy atom. The first-order chi connectivity index (χ1) is 10.5. The summed E-state index contributed by atoms with van der Waals surface area (Å²) in [6.45, 7) is 3.81. The van der Waals surface area contributed by atoms with Crippen LogP contribution < -0.4 is 15.4 Å². The molecule has 4 nitrogen and oxygen atoms in total. The first kappa shape index (κ1) is 15.8. The third kappa shape index (κ3) is 4.18. The maximum absolute atomic E-state index is 13.4. The molecule has 22 heavy (non-hydrogen) atoms. The van der Waals surface area contributed by atoms with Gasteiger partial charge in [0.1, 0.15) is 23.1 Å². The summed E-state index contributed by atoms with van der Waals surface area (Å²) < 4.78 is 32.3. The van der Waals surface area contributed by atoms with E-state index < -0.39 is 23.4 Å². The number of hydrogen-bond donors (Lipinski definition) is 2. The number of carbonyl (C=O) groups is 1. The minimum absolute atomic E-state index is 0.0474. The van der Waals surface area contributed by atoms with Crippen molar-refractivity contribution in [3.63, 3.8) is 0 Å². The Kier molecular flexibility index (Phi) is 4.93. The Bertz CT molecular complexity index is 637. The van der Waals surface area contributed by atoms with Crippen LogP contribution in [0.1, 0.15) is 13.8 Å². The Morgan fingerprint density at radius 1 is 1.00 bits per heavy atom. The molecule has 2 aromatic carbocycles. The molecule has 2 rings (SSSR count). The SMILES string of the molecule is CC(C)Oc1ccc(NC(=O)Nc2c(F)cccc2F)cc1. The van der Waals surface area contributed by atoms with Gasteiger partial charge in [-0.15, -0.1) is 0 Å². The fraction of sp³-hybridized carbons (Fsp3) is 0.188. The van der Waals surface area contributed by atoms with E-state index in [4.69, 9.17) is 4.74 Å². The number of anilines is 2. The average molecular weight is 306 g/mol. The van der Waals surface area contributed by atoms with Gasteiger partial charge < -0.3 is 15.4 Å². The van der Waals surface area contributed by atoms with E-state index in [1.807, 2.05) is 13.8 Å². The molecule has 0 aliphatic rings. The summed E-state index contributed by atoms with van der Waals surface area (Å²) in [6.07, 6.45) is 0.0474. The summed E-state index contributed by atoms with van der Waals surface area (Å²) in [4.78, 5) is 11.8. The lowest BCUT2D eigenvalue weighted by Gasteiger charge is -2.11. The molecule has 0 heterocycles. The molecule has 0 aromatic heterocycles. The van der Waals surface area contributed by atoms with Gasteiger partial charge in [-0.25, -0.2) is 13.6 Å². The van der Waals surface area contributed by atoms with Crippen molar-refractivity contribution in [1.82, 2.24) is 0 Å². The highest BCUT2D eigenvalue weighted by molar-refractivity contribution is 5.99. The van der Waals surface area contributed by atoms with Crippen LogP contribution in [0.25, 0.3) is 0 Å². The van der Waals surface area contributed by atoms with Crippen molar-refractivity contribution in [2.45, 2.75) is 20.0 Å². The molecule has 0 radical (unpaired) electrons. The Labute approximate surface area is 127 Å². The van der Waals surface area contributed by atoms with Crippen molar-refractivity contribution in [1.29, 1.82) is 0 Å². The van der Waals surface area contributed by atoms with Crippen LogP contribution in [0.2, 0.25) is 0 Å². The monoisotopic (exact) mass is 306 g/mol. The second-order valence-electron chi connectivity index (χ2n) is 4.87. The summed E-state index contributed by atoms with van der Waals surface area (Å²) in [7, 11) is 0. The number of rotatable bonds is 4. The van der Waals surface area contributed by atoms with Crippen molar-refractivity contribution < 1.29 is 18.3 Å². The highest BCUT2D eigenvalue weighted by Crippen LogP contribution is 2.20. The molecule has 0 atom stereocenters. The molecule has 2 amide bonds. The van der Waals surface area contributed by atoms with Gasteiger partial charge in [-0.1, -0.05) is 6.07 Å². The highest BCUT2D eigenvalue weighted by atomic mass is 19.1. The second-order valence-corrected chi connectivity index (χ2v) is 4.87. The summed E-state index contributed by atoms with van der Waals surface area (Å²) in [5.41, 5.74) is -0.00915. The largest absolute Gasteiger partial charge is 0.491 e. The van der Waals surface area contributed by atoms with Crippen molar-refractivity contribution in [3.05, 3.63) is 54.1 Å². The summed E-state index contributed by atoms with van der Waals surface area (Å²) >= 11 is 0. The average Bonchev–Trinajstić information content (AvgIpc) is 2.45. The third-order valence-electron chi connectivity index (χ3n) is 2.69.